The molecule has 0 unspecified atom stereocenters. The van der Waals surface area contributed by atoms with E-state index in [-0.39, 0.29) is 18.0 Å². The van der Waals surface area contributed by atoms with Crippen molar-refractivity contribution in [1.29, 1.82) is 0 Å². The van der Waals surface area contributed by atoms with Gasteiger partial charge in [-0.15, -0.1) is 0 Å². The molecule has 2 aromatic carbocycles. The molecule has 0 saturated heterocycles. The molecule has 0 fully saturated rings. The van der Waals surface area contributed by atoms with Crippen molar-refractivity contribution >= 4 is 28.0 Å². The summed E-state index contributed by atoms with van der Waals surface area (Å²) in [5.41, 5.74) is 0.181. The normalized spacial score (nSPS) is 11.2. The Bertz CT molecular complexity index is 1300. The van der Waals surface area contributed by atoms with Crippen LogP contribution in [0, 0.1) is 0 Å². The third-order valence-electron chi connectivity index (χ3n) is 4.83. The third kappa shape index (κ3) is 3.35. The lowest BCUT2D eigenvalue weighted by atomic mass is 10.2. The Labute approximate surface area is 166 Å². The summed E-state index contributed by atoms with van der Waals surface area (Å²) in [6, 6.07) is 15.7. The summed E-state index contributed by atoms with van der Waals surface area (Å²) in [6.07, 6.45) is 1.81. The smallest absolute Gasteiger partial charge is 0.336 e. The second-order valence-corrected chi connectivity index (χ2v) is 6.82. The van der Waals surface area contributed by atoms with Crippen LogP contribution in [0.2, 0.25) is 0 Å². The Hall–Kier alpha value is -3.61. The SMILES string of the molecule is CCCCNC(=O)Cn1c(=O)n(-c2ccccc2)c(=O)c2oc3ccccc3c21. The number of hydrogen-bond donors (Lipinski definition) is 1. The maximum absolute atomic E-state index is 13.3. The number of fused-ring (bicyclic) bond motifs is 3. The first-order valence-electron chi connectivity index (χ1n) is 9.61. The molecule has 0 aliphatic carbocycles. The van der Waals surface area contributed by atoms with Gasteiger partial charge in [0.2, 0.25) is 11.5 Å². The van der Waals surface area contributed by atoms with Crippen LogP contribution < -0.4 is 16.6 Å². The molecule has 0 radical (unpaired) electrons. The van der Waals surface area contributed by atoms with Gasteiger partial charge in [0.25, 0.3) is 0 Å². The molecule has 0 saturated carbocycles. The Morgan fingerprint density at radius 2 is 1.76 bits per heavy atom. The number of carbonyl (C=O) groups excluding carboxylic acids is 1. The first-order chi connectivity index (χ1) is 14.1. The number of hydrogen-bond acceptors (Lipinski definition) is 4. The number of carbonyl (C=O) groups is 1. The molecule has 148 valence electrons. The summed E-state index contributed by atoms with van der Waals surface area (Å²) in [7, 11) is 0. The van der Waals surface area contributed by atoms with E-state index in [0.29, 0.717) is 28.7 Å². The largest absolute Gasteiger partial charge is 0.449 e. The second kappa shape index (κ2) is 7.79. The van der Waals surface area contributed by atoms with Gasteiger partial charge in [-0.25, -0.2) is 9.36 Å². The van der Waals surface area contributed by atoms with Crippen molar-refractivity contribution in [3.8, 4) is 5.69 Å². The number of aromatic nitrogens is 2. The van der Waals surface area contributed by atoms with Crippen molar-refractivity contribution < 1.29 is 9.21 Å². The molecule has 0 bridgehead atoms. The highest BCUT2D eigenvalue weighted by molar-refractivity contribution is 6.02. The predicted molar refractivity (Wildman–Crippen MR) is 111 cm³/mol. The van der Waals surface area contributed by atoms with Gasteiger partial charge in [-0.2, -0.15) is 0 Å². The van der Waals surface area contributed by atoms with Crippen LogP contribution >= 0.6 is 0 Å². The molecule has 2 heterocycles. The molecule has 1 amide bonds. The molecule has 29 heavy (non-hydrogen) atoms. The van der Waals surface area contributed by atoms with E-state index in [0.717, 1.165) is 17.4 Å². The molecule has 0 atom stereocenters. The van der Waals surface area contributed by atoms with Gasteiger partial charge in [-0.05, 0) is 30.7 Å². The lowest BCUT2D eigenvalue weighted by molar-refractivity contribution is -0.121. The summed E-state index contributed by atoms with van der Waals surface area (Å²) in [4.78, 5) is 38.9. The Kier molecular flexibility index (Phi) is 5.03. The van der Waals surface area contributed by atoms with Crippen LogP contribution in [0.3, 0.4) is 0 Å². The minimum Gasteiger partial charge on any atom is -0.449 e. The number of nitrogens with zero attached hydrogens (tertiary/aromatic N) is 2. The quantitative estimate of drug-likeness (QED) is 0.512. The zero-order valence-electron chi connectivity index (χ0n) is 16.1. The van der Waals surface area contributed by atoms with Crippen LogP contribution in [0.5, 0.6) is 0 Å². The van der Waals surface area contributed by atoms with E-state index in [1.807, 2.05) is 6.92 Å². The van der Waals surface area contributed by atoms with E-state index in [4.69, 9.17) is 4.42 Å². The van der Waals surface area contributed by atoms with Gasteiger partial charge in [0.1, 0.15) is 17.6 Å². The van der Waals surface area contributed by atoms with Crippen LogP contribution in [-0.2, 0) is 11.3 Å². The summed E-state index contributed by atoms with van der Waals surface area (Å²) in [5.74, 6) is -0.287. The first-order valence-corrected chi connectivity index (χ1v) is 9.61. The molecule has 1 N–H and O–H groups in total. The van der Waals surface area contributed by atoms with Crippen LogP contribution in [0.15, 0.2) is 68.6 Å². The maximum atomic E-state index is 13.3. The van der Waals surface area contributed by atoms with E-state index in [9.17, 15) is 14.4 Å². The fourth-order valence-corrected chi connectivity index (χ4v) is 3.41. The van der Waals surface area contributed by atoms with Crippen LogP contribution in [0.1, 0.15) is 19.8 Å². The lowest BCUT2D eigenvalue weighted by Gasteiger charge is -2.12. The van der Waals surface area contributed by atoms with Crippen molar-refractivity contribution in [2.75, 3.05) is 6.54 Å². The monoisotopic (exact) mass is 391 g/mol. The van der Waals surface area contributed by atoms with E-state index in [1.54, 1.807) is 54.6 Å². The minimum absolute atomic E-state index is 0.0519. The Balaban J connectivity index is 1.97. The van der Waals surface area contributed by atoms with Gasteiger partial charge in [-0.3, -0.25) is 14.2 Å². The molecule has 2 aromatic heterocycles. The minimum atomic E-state index is -0.578. The van der Waals surface area contributed by atoms with Crippen LogP contribution in [0.25, 0.3) is 27.8 Å². The number of unbranched alkanes of at least 4 members (excludes halogenated alkanes) is 1. The van der Waals surface area contributed by atoms with Crippen molar-refractivity contribution in [2.24, 2.45) is 0 Å². The molecule has 0 aliphatic rings. The van der Waals surface area contributed by atoms with E-state index in [1.165, 1.54) is 4.57 Å². The van der Waals surface area contributed by atoms with Crippen LogP contribution in [0.4, 0.5) is 0 Å². The lowest BCUT2D eigenvalue weighted by Crippen LogP contribution is -2.41. The highest BCUT2D eigenvalue weighted by Crippen LogP contribution is 2.25. The summed E-state index contributed by atoms with van der Waals surface area (Å²) in [6.45, 7) is 2.38. The molecule has 7 nitrogen and oxygen atoms in total. The average Bonchev–Trinajstić information content (AvgIpc) is 3.12. The van der Waals surface area contributed by atoms with E-state index < -0.39 is 11.2 Å². The first kappa shape index (κ1) is 18.7. The van der Waals surface area contributed by atoms with Crippen LogP contribution in [-0.4, -0.2) is 21.6 Å². The average molecular weight is 391 g/mol. The molecule has 4 rings (SSSR count). The number of furan rings is 1. The predicted octanol–water partition coefficient (Wildman–Crippen LogP) is 2.81. The molecule has 4 aromatic rings. The molecular formula is C22H21N3O4. The molecule has 0 spiro atoms. The maximum Gasteiger partial charge on any atom is 0.336 e. The second-order valence-electron chi connectivity index (χ2n) is 6.82. The number of amides is 1. The Morgan fingerprint density at radius 3 is 2.52 bits per heavy atom. The fraction of sp³-hybridized carbons (Fsp3) is 0.227. The summed E-state index contributed by atoms with van der Waals surface area (Å²) in [5, 5.41) is 3.44. The standard InChI is InChI=1S/C22H21N3O4/c1-2-3-13-23-18(26)14-24-19-16-11-7-8-12-17(16)29-20(19)21(27)25(22(24)28)15-9-5-4-6-10-15/h4-12H,2-3,13-14H2,1H3,(H,23,26). The summed E-state index contributed by atoms with van der Waals surface area (Å²) < 4.78 is 8.16. The molecule has 7 heteroatoms. The fourth-order valence-electron chi connectivity index (χ4n) is 3.41. The number of rotatable bonds is 6. The zero-order valence-corrected chi connectivity index (χ0v) is 16.1. The van der Waals surface area contributed by atoms with Gasteiger partial charge in [0.15, 0.2) is 0 Å². The van der Waals surface area contributed by atoms with Gasteiger partial charge < -0.3 is 9.73 Å². The Morgan fingerprint density at radius 1 is 1.03 bits per heavy atom. The molecular weight excluding hydrogens is 370 g/mol. The molecule has 0 aliphatic heterocycles. The van der Waals surface area contributed by atoms with Crippen molar-refractivity contribution in [2.45, 2.75) is 26.3 Å². The van der Waals surface area contributed by atoms with Crippen molar-refractivity contribution in [1.82, 2.24) is 14.5 Å². The van der Waals surface area contributed by atoms with Crippen molar-refractivity contribution in [3.05, 3.63) is 75.4 Å². The summed E-state index contributed by atoms with van der Waals surface area (Å²) >= 11 is 0. The number of para-hydroxylation sites is 2. The number of nitrogens with one attached hydrogen (secondary N) is 1. The van der Waals surface area contributed by atoms with Gasteiger partial charge in [-0.1, -0.05) is 43.7 Å². The van der Waals surface area contributed by atoms with E-state index in [2.05, 4.69) is 5.32 Å². The highest BCUT2D eigenvalue weighted by atomic mass is 16.3. The van der Waals surface area contributed by atoms with Gasteiger partial charge in [0.05, 0.1) is 5.69 Å². The van der Waals surface area contributed by atoms with E-state index >= 15 is 0 Å². The van der Waals surface area contributed by atoms with Gasteiger partial charge >= 0.3 is 11.2 Å². The van der Waals surface area contributed by atoms with Gasteiger partial charge in [0, 0.05) is 11.9 Å². The van der Waals surface area contributed by atoms with Crippen molar-refractivity contribution in [3.63, 3.8) is 0 Å². The highest BCUT2D eigenvalue weighted by Gasteiger charge is 2.21. The third-order valence-corrected chi connectivity index (χ3v) is 4.83. The topological polar surface area (TPSA) is 86.2 Å². The zero-order chi connectivity index (χ0) is 20.4. The number of benzene rings is 2.